The maximum atomic E-state index is 14.2. The number of ether oxygens (including phenoxy) is 1. The molecule has 0 spiro atoms. The maximum Gasteiger partial charge on any atom is 0.292 e. The van der Waals surface area contributed by atoms with Crippen molar-refractivity contribution in [3.05, 3.63) is 64.1 Å². The number of hydrogen-bond donors (Lipinski definition) is 3. The first-order chi connectivity index (χ1) is 20.6. The maximum absolute atomic E-state index is 14.2. The molecule has 2 aliphatic carbocycles. The van der Waals surface area contributed by atoms with Crippen molar-refractivity contribution in [2.24, 2.45) is 17.3 Å². The van der Waals surface area contributed by atoms with Gasteiger partial charge in [-0.15, -0.1) is 5.10 Å². The van der Waals surface area contributed by atoms with Gasteiger partial charge in [-0.05, 0) is 73.0 Å². The Kier molecular flexibility index (Phi) is 10.1. The quantitative estimate of drug-likeness (QED) is 0.140. The highest BCUT2D eigenvalue weighted by Crippen LogP contribution is 2.51. The largest absolute Gasteiger partial charge is 0.439 e. The molecule has 1 amide bonds. The fourth-order valence-electron chi connectivity index (χ4n) is 7.00. The van der Waals surface area contributed by atoms with Crippen LogP contribution < -0.4 is 15.4 Å². The van der Waals surface area contributed by atoms with Crippen LogP contribution in [-0.2, 0) is 17.9 Å². The van der Waals surface area contributed by atoms with E-state index in [1.54, 1.807) is 18.2 Å². The molecule has 3 N–H and O–H groups in total. The van der Waals surface area contributed by atoms with Crippen LogP contribution in [0.3, 0.4) is 0 Å². The van der Waals surface area contributed by atoms with Crippen molar-refractivity contribution in [3.8, 4) is 11.6 Å². The van der Waals surface area contributed by atoms with Crippen molar-refractivity contribution >= 4 is 11.6 Å². The Morgan fingerprint density at radius 2 is 1.71 bits per heavy atom. The van der Waals surface area contributed by atoms with Crippen LogP contribution in [0.15, 0.2) is 42.6 Å². The Bertz CT molecular complexity index is 1270. The Morgan fingerprint density at radius 3 is 2.33 bits per heavy atom. The average molecular weight is 577 g/mol. The van der Waals surface area contributed by atoms with E-state index in [0.717, 1.165) is 51.4 Å². The number of pyridine rings is 1. The highest BCUT2D eigenvalue weighted by Gasteiger charge is 2.50. The zero-order valence-electron chi connectivity index (χ0n) is 24.0. The molecule has 3 aromatic rings. The van der Waals surface area contributed by atoms with Crippen LogP contribution in [0, 0.1) is 27.4 Å². The molecule has 224 valence electrons. The summed E-state index contributed by atoms with van der Waals surface area (Å²) in [6, 6.07) is 10.8. The number of carbonyl (C=O) groups is 1. The van der Waals surface area contributed by atoms with Gasteiger partial charge >= 0.3 is 0 Å². The Morgan fingerprint density at radius 1 is 1.02 bits per heavy atom. The summed E-state index contributed by atoms with van der Waals surface area (Å²) in [7, 11) is 0. The number of aromatic nitrogens is 5. The highest BCUT2D eigenvalue weighted by atomic mass is 16.6. The monoisotopic (exact) mass is 576 g/mol. The Balaban J connectivity index is 1.33. The molecule has 0 aliphatic heterocycles. The number of nitrogens with zero attached hydrogens (tertiary/aromatic N) is 5. The summed E-state index contributed by atoms with van der Waals surface area (Å²) in [5.74, 6) is 2.10. The van der Waals surface area contributed by atoms with Gasteiger partial charge in [-0.1, -0.05) is 56.7 Å². The molecule has 42 heavy (non-hydrogen) atoms. The number of nitrogens with one attached hydrogen (secondary N) is 3. The summed E-state index contributed by atoms with van der Waals surface area (Å²) in [5.41, 5.74) is -0.0937. The van der Waals surface area contributed by atoms with Crippen molar-refractivity contribution in [1.82, 2.24) is 36.2 Å². The summed E-state index contributed by atoms with van der Waals surface area (Å²) < 4.78 is 5.83. The average Bonchev–Trinajstić information content (AvgIpc) is 3.55. The van der Waals surface area contributed by atoms with E-state index in [2.05, 4.69) is 36.2 Å². The van der Waals surface area contributed by atoms with E-state index in [0.29, 0.717) is 47.8 Å². The second-order valence-electron chi connectivity index (χ2n) is 11.5. The van der Waals surface area contributed by atoms with Gasteiger partial charge in [0.1, 0.15) is 11.9 Å². The SMILES string of the molecule is O=C(NCc1nnn[nH]1)C(CCNCc1cc(Oc2ccccc2)ncc1[N+](=O)[O-])(C1CCCCC1)C1CCCCC1. The van der Waals surface area contributed by atoms with E-state index in [-0.39, 0.29) is 24.7 Å². The lowest BCUT2D eigenvalue weighted by Crippen LogP contribution is -2.53. The number of nitro groups is 1. The number of para-hydroxylation sites is 1. The number of rotatable bonds is 13. The molecule has 2 aliphatic rings. The van der Waals surface area contributed by atoms with E-state index in [1.165, 1.54) is 19.0 Å². The molecule has 2 fully saturated rings. The lowest BCUT2D eigenvalue weighted by Gasteiger charge is -2.48. The van der Waals surface area contributed by atoms with Crippen LogP contribution in [0.1, 0.15) is 82.0 Å². The molecule has 2 saturated carbocycles. The molecular weight excluding hydrogens is 536 g/mol. The van der Waals surface area contributed by atoms with Crippen molar-refractivity contribution < 1.29 is 14.5 Å². The molecule has 2 heterocycles. The first-order valence-electron chi connectivity index (χ1n) is 15.1. The molecule has 0 bridgehead atoms. The predicted molar refractivity (Wildman–Crippen MR) is 155 cm³/mol. The van der Waals surface area contributed by atoms with Gasteiger partial charge in [0, 0.05) is 12.6 Å². The minimum absolute atomic E-state index is 0.0628. The highest BCUT2D eigenvalue weighted by molar-refractivity contribution is 5.83. The molecule has 5 rings (SSSR count). The molecule has 0 saturated heterocycles. The topological polar surface area (TPSA) is 161 Å². The van der Waals surface area contributed by atoms with Crippen LogP contribution in [-0.4, -0.2) is 43.0 Å². The minimum atomic E-state index is -0.521. The summed E-state index contributed by atoms with van der Waals surface area (Å²) in [6.07, 6.45) is 13.1. The minimum Gasteiger partial charge on any atom is -0.439 e. The molecule has 2 aromatic heterocycles. The van der Waals surface area contributed by atoms with Gasteiger partial charge in [0.25, 0.3) is 5.69 Å². The summed E-state index contributed by atoms with van der Waals surface area (Å²) >= 11 is 0. The van der Waals surface area contributed by atoms with Gasteiger partial charge in [-0.2, -0.15) is 0 Å². The summed E-state index contributed by atoms with van der Waals surface area (Å²) in [5, 5.41) is 32.4. The van der Waals surface area contributed by atoms with Crippen LogP contribution in [0.25, 0.3) is 0 Å². The lowest BCUT2D eigenvalue weighted by atomic mass is 9.56. The zero-order chi connectivity index (χ0) is 29.2. The number of amides is 1. The third-order valence-corrected chi connectivity index (χ3v) is 9.03. The van der Waals surface area contributed by atoms with Crippen molar-refractivity contribution in [2.75, 3.05) is 6.54 Å². The fraction of sp³-hybridized carbons (Fsp3) is 0.567. The third kappa shape index (κ3) is 7.10. The lowest BCUT2D eigenvalue weighted by molar-refractivity contribution is -0.385. The van der Waals surface area contributed by atoms with E-state index in [4.69, 9.17) is 4.74 Å². The van der Waals surface area contributed by atoms with Gasteiger partial charge in [0.15, 0.2) is 5.82 Å². The van der Waals surface area contributed by atoms with E-state index < -0.39 is 10.3 Å². The molecular formula is C30H40N8O4. The summed E-state index contributed by atoms with van der Waals surface area (Å²) in [4.78, 5) is 29.8. The number of H-pyrrole nitrogens is 1. The smallest absolute Gasteiger partial charge is 0.292 e. The van der Waals surface area contributed by atoms with Crippen molar-refractivity contribution in [2.45, 2.75) is 83.7 Å². The van der Waals surface area contributed by atoms with Crippen LogP contribution >= 0.6 is 0 Å². The van der Waals surface area contributed by atoms with E-state index in [1.807, 2.05) is 18.2 Å². The van der Waals surface area contributed by atoms with Crippen LogP contribution in [0.2, 0.25) is 0 Å². The first-order valence-corrected chi connectivity index (χ1v) is 15.1. The van der Waals surface area contributed by atoms with Gasteiger partial charge < -0.3 is 15.4 Å². The first kappa shape index (κ1) is 29.6. The Labute approximate surface area is 245 Å². The van der Waals surface area contributed by atoms with E-state index >= 15 is 0 Å². The van der Waals surface area contributed by atoms with Crippen molar-refractivity contribution in [3.63, 3.8) is 0 Å². The molecule has 0 radical (unpaired) electrons. The number of tetrazole rings is 1. The van der Waals surface area contributed by atoms with Crippen LogP contribution in [0.4, 0.5) is 5.69 Å². The van der Waals surface area contributed by atoms with Gasteiger partial charge in [-0.3, -0.25) is 14.9 Å². The molecule has 12 heteroatoms. The second-order valence-corrected chi connectivity index (χ2v) is 11.5. The number of aromatic amines is 1. The predicted octanol–water partition coefficient (Wildman–Crippen LogP) is 5.24. The van der Waals surface area contributed by atoms with E-state index in [9.17, 15) is 14.9 Å². The molecule has 0 unspecified atom stereocenters. The zero-order valence-corrected chi connectivity index (χ0v) is 24.0. The number of benzene rings is 1. The third-order valence-electron chi connectivity index (χ3n) is 9.03. The van der Waals surface area contributed by atoms with Gasteiger partial charge in [0.2, 0.25) is 11.8 Å². The molecule has 12 nitrogen and oxygen atoms in total. The molecule has 1 aromatic carbocycles. The normalized spacial score (nSPS) is 16.7. The Hall–Kier alpha value is -3.93. The van der Waals surface area contributed by atoms with Crippen molar-refractivity contribution in [1.29, 1.82) is 0 Å². The van der Waals surface area contributed by atoms with Crippen LogP contribution in [0.5, 0.6) is 11.6 Å². The summed E-state index contributed by atoms with van der Waals surface area (Å²) in [6.45, 7) is 1.08. The van der Waals surface area contributed by atoms with Gasteiger partial charge in [-0.25, -0.2) is 10.1 Å². The number of hydrogen-bond acceptors (Lipinski definition) is 9. The fourth-order valence-corrected chi connectivity index (χ4v) is 7.00. The second kappa shape index (κ2) is 14.3. The molecule has 0 atom stereocenters. The standard InChI is InChI=1S/C30H40N8O4/c39-29(33-21-27-34-36-37-35-27)30(23-10-4-1-5-11-23,24-12-6-2-7-13-24)16-17-31-19-22-18-28(32-20-26(22)38(40)41)42-25-14-8-3-9-15-25/h3,8-9,14-15,18,20,23-24,31H,1-2,4-7,10-13,16-17,19,21H2,(H,33,39)(H,34,35,36,37). The van der Waals surface area contributed by atoms with Gasteiger partial charge in [0.05, 0.1) is 22.4 Å². The number of carbonyl (C=O) groups excluding carboxylic acids is 1.